The van der Waals surface area contributed by atoms with Gasteiger partial charge in [-0.2, -0.15) is 0 Å². The van der Waals surface area contributed by atoms with E-state index >= 15 is 0 Å². The van der Waals surface area contributed by atoms with Crippen LogP contribution >= 0.6 is 15.9 Å². The van der Waals surface area contributed by atoms with Gasteiger partial charge in [-0.05, 0) is 0 Å². The van der Waals surface area contributed by atoms with Crippen molar-refractivity contribution in [2.75, 3.05) is 33.3 Å². The zero-order chi connectivity index (χ0) is 13.0. The Morgan fingerprint density at radius 2 is 1.59 bits per heavy atom. The van der Waals surface area contributed by atoms with E-state index in [2.05, 4.69) is 15.9 Å². The number of methoxy groups -OCH3 is 3. The van der Waals surface area contributed by atoms with Crippen molar-refractivity contribution >= 4 is 26.4 Å². The molecule has 0 aliphatic heterocycles. The summed E-state index contributed by atoms with van der Waals surface area (Å²) in [7, 11) is 6.20. The van der Waals surface area contributed by atoms with Gasteiger partial charge in [0.25, 0.3) is 4.82 Å². The molecule has 0 N–H and O–H groups in total. The van der Waals surface area contributed by atoms with Gasteiger partial charge in [-0.15, -0.1) is 0 Å². The van der Waals surface area contributed by atoms with Crippen molar-refractivity contribution in [1.29, 1.82) is 0 Å². The van der Waals surface area contributed by atoms with Crippen LogP contribution in [0, 0.1) is 0 Å². The Kier molecular flexibility index (Phi) is 4.62. The standard InChI is InChI=1S/C11H14BrNO4/c1-13(11(12)14)10-8(16-3)5-7(15-2)6-9(10)17-4/h5-6H,1-4H3. The third-order valence-electron chi connectivity index (χ3n) is 2.29. The van der Waals surface area contributed by atoms with Crippen molar-refractivity contribution < 1.29 is 19.0 Å². The number of carbonyl (C=O) groups is 1. The molecule has 0 aromatic heterocycles. The van der Waals surface area contributed by atoms with Crippen LogP contribution < -0.4 is 19.1 Å². The largest absolute Gasteiger partial charge is 0.496 e. The van der Waals surface area contributed by atoms with E-state index in [4.69, 9.17) is 14.2 Å². The molecular formula is C11H14BrNO4. The molecule has 1 aromatic rings. The first-order chi connectivity index (χ1) is 8.04. The Hall–Kier alpha value is -1.43. The van der Waals surface area contributed by atoms with Crippen molar-refractivity contribution in [2.24, 2.45) is 0 Å². The Morgan fingerprint density at radius 3 is 1.88 bits per heavy atom. The number of anilines is 1. The van der Waals surface area contributed by atoms with E-state index in [9.17, 15) is 4.79 Å². The van der Waals surface area contributed by atoms with Crippen LogP contribution in [0.25, 0.3) is 0 Å². The van der Waals surface area contributed by atoms with Crippen LogP contribution in [0.15, 0.2) is 12.1 Å². The number of ether oxygens (including phenoxy) is 3. The molecule has 0 saturated carbocycles. The molecule has 1 rings (SSSR count). The lowest BCUT2D eigenvalue weighted by molar-refractivity contribution is 0.266. The summed E-state index contributed by atoms with van der Waals surface area (Å²) < 4.78 is 15.6. The third-order valence-corrected chi connectivity index (χ3v) is 2.82. The van der Waals surface area contributed by atoms with E-state index in [-0.39, 0.29) is 4.82 Å². The summed E-state index contributed by atoms with van der Waals surface area (Å²) in [6.07, 6.45) is 0. The van der Waals surface area contributed by atoms with Gasteiger partial charge < -0.3 is 14.2 Å². The van der Waals surface area contributed by atoms with Crippen LogP contribution in [0.1, 0.15) is 0 Å². The molecule has 0 aliphatic rings. The highest BCUT2D eigenvalue weighted by Crippen LogP contribution is 2.41. The smallest absolute Gasteiger partial charge is 0.294 e. The fourth-order valence-corrected chi connectivity index (χ4v) is 1.58. The maximum Gasteiger partial charge on any atom is 0.294 e. The second kappa shape index (κ2) is 5.77. The minimum atomic E-state index is -0.292. The van der Waals surface area contributed by atoms with E-state index in [0.717, 1.165) is 0 Å². The average Bonchev–Trinajstić information content (AvgIpc) is 2.35. The number of carbonyl (C=O) groups excluding carboxylic acids is 1. The van der Waals surface area contributed by atoms with Crippen molar-refractivity contribution in [2.45, 2.75) is 0 Å². The third kappa shape index (κ3) is 2.82. The molecule has 0 saturated heterocycles. The first kappa shape index (κ1) is 13.6. The highest BCUT2D eigenvalue weighted by Gasteiger charge is 2.20. The minimum Gasteiger partial charge on any atom is -0.496 e. The maximum atomic E-state index is 11.3. The fraction of sp³-hybridized carbons (Fsp3) is 0.364. The van der Waals surface area contributed by atoms with Crippen LogP contribution in [-0.4, -0.2) is 33.2 Å². The fourth-order valence-electron chi connectivity index (χ4n) is 1.41. The number of hydrogen-bond acceptors (Lipinski definition) is 4. The van der Waals surface area contributed by atoms with Crippen LogP contribution in [0.5, 0.6) is 17.2 Å². The summed E-state index contributed by atoms with van der Waals surface area (Å²) in [5.41, 5.74) is 0.540. The van der Waals surface area contributed by atoms with Crippen LogP contribution in [0.4, 0.5) is 10.5 Å². The van der Waals surface area contributed by atoms with Gasteiger partial charge >= 0.3 is 0 Å². The van der Waals surface area contributed by atoms with Gasteiger partial charge in [-0.3, -0.25) is 9.69 Å². The molecule has 17 heavy (non-hydrogen) atoms. The SMILES string of the molecule is COc1cc(OC)c(N(C)C(=O)Br)c(OC)c1. The van der Waals surface area contributed by atoms with Crippen molar-refractivity contribution in [1.82, 2.24) is 0 Å². The first-order valence-electron chi connectivity index (χ1n) is 4.78. The summed E-state index contributed by atoms with van der Waals surface area (Å²) >= 11 is 2.88. The average molecular weight is 304 g/mol. The van der Waals surface area contributed by atoms with Gasteiger partial charge in [0.15, 0.2) is 0 Å². The Labute approximate surface area is 108 Å². The molecule has 1 amide bonds. The van der Waals surface area contributed by atoms with Crippen molar-refractivity contribution in [3.63, 3.8) is 0 Å². The lowest BCUT2D eigenvalue weighted by atomic mass is 10.2. The molecule has 0 bridgehead atoms. The number of hydrogen-bond donors (Lipinski definition) is 0. The molecule has 0 heterocycles. The number of nitrogens with zero attached hydrogens (tertiary/aromatic N) is 1. The summed E-state index contributed by atoms with van der Waals surface area (Å²) in [6, 6.07) is 3.37. The summed E-state index contributed by atoms with van der Waals surface area (Å²) in [6.45, 7) is 0. The number of benzene rings is 1. The van der Waals surface area contributed by atoms with Crippen molar-refractivity contribution in [3.05, 3.63) is 12.1 Å². The normalized spacial score (nSPS) is 9.71. The highest BCUT2D eigenvalue weighted by atomic mass is 79.9. The Morgan fingerprint density at radius 1 is 1.12 bits per heavy atom. The van der Waals surface area contributed by atoms with Crippen LogP contribution in [0.2, 0.25) is 0 Å². The van der Waals surface area contributed by atoms with E-state index in [1.807, 2.05) is 0 Å². The monoisotopic (exact) mass is 303 g/mol. The number of halogens is 1. The van der Waals surface area contributed by atoms with Gasteiger partial charge in [0.1, 0.15) is 22.9 Å². The Balaban J connectivity index is 3.39. The van der Waals surface area contributed by atoms with Gasteiger partial charge in [-0.1, -0.05) is 0 Å². The number of amides is 1. The molecule has 0 aliphatic carbocycles. The highest BCUT2D eigenvalue weighted by molar-refractivity contribution is 9.18. The van der Waals surface area contributed by atoms with E-state index in [1.54, 1.807) is 26.3 Å². The molecule has 1 aromatic carbocycles. The molecule has 5 nitrogen and oxygen atoms in total. The van der Waals surface area contributed by atoms with E-state index in [0.29, 0.717) is 22.9 Å². The lowest BCUT2D eigenvalue weighted by Gasteiger charge is -2.21. The topological polar surface area (TPSA) is 48.0 Å². The summed E-state index contributed by atoms with van der Waals surface area (Å²) in [4.78, 5) is 12.4. The molecule has 0 radical (unpaired) electrons. The summed E-state index contributed by atoms with van der Waals surface area (Å²) in [5.74, 6) is 1.59. The van der Waals surface area contributed by atoms with Crippen LogP contribution in [0.3, 0.4) is 0 Å². The second-order valence-electron chi connectivity index (χ2n) is 3.19. The lowest BCUT2D eigenvalue weighted by Crippen LogP contribution is -2.20. The minimum absolute atomic E-state index is 0.292. The van der Waals surface area contributed by atoms with Crippen molar-refractivity contribution in [3.8, 4) is 17.2 Å². The zero-order valence-corrected chi connectivity index (χ0v) is 11.7. The molecule has 94 valence electrons. The second-order valence-corrected chi connectivity index (χ2v) is 3.87. The quantitative estimate of drug-likeness (QED) is 0.634. The first-order valence-corrected chi connectivity index (χ1v) is 5.57. The molecule has 0 unspecified atom stereocenters. The predicted molar refractivity (Wildman–Crippen MR) is 68.8 cm³/mol. The van der Waals surface area contributed by atoms with E-state index in [1.165, 1.54) is 19.1 Å². The molecule has 0 atom stereocenters. The van der Waals surface area contributed by atoms with Crippen LogP contribution in [-0.2, 0) is 0 Å². The molecule has 0 fully saturated rings. The molecule has 0 spiro atoms. The van der Waals surface area contributed by atoms with Gasteiger partial charge in [-0.25, -0.2) is 0 Å². The van der Waals surface area contributed by atoms with Gasteiger partial charge in [0, 0.05) is 35.1 Å². The predicted octanol–water partition coefficient (Wildman–Crippen LogP) is 2.66. The molecule has 6 heteroatoms. The zero-order valence-electron chi connectivity index (χ0n) is 10.1. The maximum absolute atomic E-state index is 11.3. The van der Waals surface area contributed by atoms with Gasteiger partial charge in [0.2, 0.25) is 0 Å². The number of rotatable bonds is 4. The Bertz CT molecular complexity index is 397. The van der Waals surface area contributed by atoms with Gasteiger partial charge in [0.05, 0.1) is 21.3 Å². The molecular weight excluding hydrogens is 290 g/mol. The van der Waals surface area contributed by atoms with E-state index < -0.39 is 0 Å². The summed E-state index contributed by atoms with van der Waals surface area (Å²) in [5, 5.41) is 0.